The van der Waals surface area contributed by atoms with Crippen molar-refractivity contribution in [2.45, 2.75) is 17.9 Å². The minimum absolute atomic E-state index is 0.0462. The first-order chi connectivity index (χ1) is 16.1. The number of carbonyl (C=O) groups is 1. The van der Waals surface area contributed by atoms with Crippen LogP contribution in [0, 0.1) is 0 Å². The molecule has 3 aromatic heterocycles. The van der Waals surface area contributed by atoms with E-state index in [4.69, 9.17) is 0 Å². The molecule has 14 heteroatoms. The minimum atomic E-state index is -4.53. The highest BCUT2D eigenvalue weighted by atomic mass is 32.2. The minimum Gasteiger partial charge on any atom is -0.309 e. The highest BCUT2D eigenvalue weighted by Crippen LogP contribution is 2.30. The number of imidazole rings is 1. The summed E-state index contributed by atoms with van der Waals surface area (Å²) in [7, 11) is 2.75. The Bertz CT molecular complexity index is 1490. The Balaban J connectivity index is 1.76. The van der Waals surface area contributed by atoms with Gasteiger partial charge in [0.05, 0.1) is 17.9 Å². The van der Waals surface area contributed by atoms with Gasteiger partial charge >= 0.3 is 11.9 Å². The average Bonchev–Trinajstić information content (AvgIpc) is 3.42. The largest absolute Gasteiger partial charge is 0.416 e. The summed E-state index contributed by atoms with van der Waals surface area (Å²) in [6.45, 7) is -0.121. The zero-order chi connectivity index (χ0) is 24.6. The van der Waals surface area contributed by atoms with Crippen molar-refractivity contribution in [1.82, 2.24) is 23.7 Å². The highest BCUT2D eigenvalue weighted by Gasteiger charge is 2.30. The molecular formula is C20H17F3N6O3S2. The maximum atomic E-state index is 13.2. The van der Waals surface area contributed by atoms with Crippen LogP contribution < -0.4 is 16.6 Å². The van der Waals surface area contributed by atoms with Crippen LogP contribution in [0.3, 0.4) is 0 Å². The lowest BCUT2D eigenvalue weighted by Gasteiger charge is -2.12. The molecule has 0 saturated heterocycles. The molecule has 178 valence electrons. The summed E-state index contributed by atoms with van der Waals surface area (Å²) < 4.78 is 43.1. The molecule has 4 rings (SSSR count). The highest BCUT2D eigenvalue weighted by molar-refractivity contribution is 7.99. The van der Waals surface area contributed by atoms with Gasteiger partial charge in [0.2, 0.25) is 5.91 Å². The number of thiazole rings is 1. The fourth-order valence-electron chi connectivity index (χ4n) is 3.28. The Hall–Kier alpha value is -3.39. The predicted octanol–water partition coefficient (Wildman–Crippen LogP) is 2.69. The van der Waals surface area contributed by atoms with Crippen LogP contribution in [0.25, 0.3) is 11.2 Å². The van der Waals surface area contributed by atoms with Gasteiger partial charge in [-0.1, -0.05) is 23.9 Å². The zero-order valence-corrected chi connectivity index (χ0v) is 19.4. The van der Waals surface area contributed by atoms with Crippen LogP contribution in [0.15, 0.2) is 50.6 Å². The third-order valence-corrected chi connectivity index (χ3v) is 6.58. The molecule has 0 fully saturated rings. The van der Waals surface area contributed by atoms with Gasteiger partial charge in [-0.25, -0.2) is 14.8 Å². The molecule has 0 aliphatic carbocycles. The van der Waals surface area contributed by atoms with Gasteiger partial charge in [-0.15, -0.1) is 11.3 Å². The number of amides is 1. The SMILES string of the molecule is Cn1c(=O)c2c(nc(SCC(=O)Nc3nccs3)n2Cc2cccc(C(F)(F)F)c2)n(C)c1=O. The number of nitrogens with zero attached hydrogens (tertiary/aromatic N) is 5. The van der Waals surface area contributed by atoms with Crippen LogP contribution >= 0.6 is 23.1 Å². The number of thioether (sulfide) groups is 1. The molecule has 1 amide bonds. The topological polar surface area (TPSA) is 104 Å². The van der Waals surface area contributed by atoms with Crippen molar-refractivity contribution >= 4 is 45.3 Å². The molecule has 4 aromatic rings. The van der Waals surface area contributed by atoms with Crippen molar-refractivity contribution in [1.29, 1.82) is 0 Å². The van der Waals surface area contributed by atoms with Gasteiger partial charge < -0.3 is 9.88 Å². The van der Waals surface area contributed by atoms with Gasteiger partial charge in [0.15, 0.2) is 21.5 Å². The van der Waals surface area contributed by atoms with Crippen LogP contribution in [0.4, 0.5) is 18.3 Å². The molecule has 0 atom stereocenters. The lowest BCUT2D eigenvalue weighted by atomic mass is 10.1. The number of benzene rings is 1. The number of aryl methyl sites for hydroxylation is 1. The average molecular weight is 511 g/mol. The maximum absolute atomic E-state index is 13.2. The van der Waals surface area contributed by atoms with Crippen LogP contribution in [0.5, 0.6) is 0 Å². The number of alkyl halides is 3. The number of rotatable bonds is 6. The number of nitrogens with one attached hydrogen (secondary N) is 1. The summed E-state index contributed by atoms with van der Waals surface area (Å²) in [4.78, 5) is 45.9. The fraction of sp³-hybridized carbons (Fsp3) is 0.250. The van der Waals surface area contributed by atoms with Crippen molar-refractivity contribution in [3.63, 3.8) is 0 Å². The van der Waals surface area contributed by atoms with E-state index in [0.717, 1.165) is 28.5 Å². The number of aromatic nitrogens is 5. The van der Waals surface area contributed by atoms with E-state index in [1.807, 2.05) is 0 Å². The first kappa shape index (κ1) is 23.8. The Morgan fingerprint density at radius 3 is 2.65 bits per heavy atom. The van der Waals surface area contributed by atoms with Crippen molar-refractivity contribution in [2.24, 2.45) is 14.1 Å². The molecule has 0 bridgehead atoms. The van der Waals surface area contributed by atoms with Crippen molar-refractivity contribution in [3.8, 4) is 0 Å². The number of halogens is 3. The van der Waals surface area contributed by atoms with Crippen LogP contribution in [-0.2, 0) is 31.6 Å². The number of hydrogen-bond acceptors (Lipinski definition) is 7. The third-order valence-electron chi connectivity index (χ3n) is 4.92. The Morgan fingerprint density at radius 1 is 1.21 bits per heavy atom. The predicted molar refractivity (Wildman–Crippen MR) is 122 cm³/mol. The van der Waals surface area contributed by atoms with Crippen molar-refractivity contribution in [3.05, 3.63) is 67.8 Å². The summed E-state index contributed by atoms with van der Waals surface area (Å²) in [5.41, 5.74) is -1.67. The van der Waals surface area contributed by atoms with Gasteiger partial charge in [-0.2, -0.15) is 13.2 Å². The Morgan fingerprint density at radius 2 is 1.97 bits per heavy atom. The standard InChI is InChI=1S/C20H17F3N6O3S2/c1-27-15-14(16(31)28(2)19(27)32)29(9-11-4-3-5-12(8-11)20(21,22)23)18(26-15)34-10-13(30)25-17-24-6-7-33-17/h3-8H,9-10H2,1-2H3,(H,24,25,30). The second kappa shape index (κ2) is 9.10. The van der Waals surface area contributed by atoms with Gasteiger partial charge in [0, 0.05) is 25.7 Å². The first-order valence-corrected chi connectivity index (χ1v) is 11.6. The van der Waals surface area contributed by atoms with Crippen LogP contribution in [-0.4, -0.2) is 35.3 Å². The molecular weight excluding hydrogens is 493 g/mol. The van der Waals surface area contributed by atoms with Gasteiger partial charge in [-0.3, -0.25) is 18.7 Å². The van der Waals surface area contributed by atoms with E-state index in [1.165, 1.54) is 52.9 Å². The zero-order valence-electron chi connectivity index (χ0n) is 17.8. The van der Waals surface area contributed by atoms with E-state index in [2.05, 4.69) is 15.3 Å². The second-order valence-corrected chi connectivity index (χ2v) is 9.07. The summed E-state index contributed by atoms with van der Waals surface area (Å²) in [6.07, 6.45) is -2.99. The van der Waals surface area contributed by atoms with E-state index in [-0.39, 0.29) is 40.1 Å². The van der Waals surface area contributed by atoms with Crippen molar-refractivity contribution < 1.29 is 18.0 Å². The van der Waals surface area contributed by atoms with E-state index in [9.17, 15) is 27.6 Å². The molecule has 9 nitrogen and oxygen atoms in total. The number of fused-ring (bicyclic) bond motifs is 1. The van der Waals surface area contributed by atoms with E-state index >= 15 is 0 Å². The summed E-state index contributed by atoms with van der Waals surface area (Å²) in [6, 6.07) is 4.72. The molecule has 0 radical (unpaired) electrons. The fourth-order valence-corrected chi connectivity index (χ4v) is 4.62. The normalized spacial score (nSPS) is 11.8. The van der Waals surface area contributed by atoms with E-state index in [0.29, 0.717) is 5.13 Å². The molecule has 34 heavy (non-hydrogen) atoms. The summed E-state index contributed by atoms with van der Waals surface area (Å²) >= 11 is 2.24. The number of anilines is 1. The number of hydrogen-bond donors (Lipinski definition) is 1. The Kier molecular flexibility index (Phi) is 6.36. The second-order valence-electron chi connectivity index (χ2n) is 7.23. The smallest absolute Gasteiger partial charge is 0.309 e. The third kappa shape index (κ3) is 4.63. The van der Waals surface area contributed by atoms with Crippen LogP contribution in [0.2, 0.25) is 0 Å². The summed E-state index contributed by atoms with van der Waals surface area (Å²) in [5, 5.41) is 4.95. The molecule has 1 aromatic carbocycles. The molecule has 3 heterocycles. The first-order valence-electron chi connectivity index (χ1n) is 9.71. The van der Waals surface area contributed by atoms with Gasteiger partial charge in [-0.05, 0) is 17.7 Å². The number of carbonyl (C=O) groups excluding carboxylic acids is 1. The van der Waals surface area contributed by atoms with E-state index < -0.39 is 23.0 Å². The van der Waals surface area contributed by atoms with Crippen molar-refractivity contribution in [2.75, 3.05) is 11.1 Å². The van der Waals surface area contributed by atoms with Crippen LogP contribution in [0.1, 0.15) is 11.1 Å². The molecule has 0 spiro atoms. The molecule has 0 saturated carbocycles. The monoisotopic (exact) mass is 510 g/mol. The Labute approximate surface area is 197 Å². The molecule has 1 N–H and O–H groups in total. The summed E-state index contributed by atoms with van der Waals surface area (Å²) in [5.74, 6) is -0.473. The lowest BCUT2D eigenvalue weighted by molar-refractivity contribution is -0.137. The maximum Gasteiger partial charge on any atom is 0.416 e. The quantitative estimate of drug-likeness (QED) is 0.400. The molecule has 0 aliphatic rings. The molecule has 0 unspecified atom stereocenters. The molecule has 0 aliphatic heterocycles. The van der Waals surface area contributed by atoms with Gasteiger partial charge in [0.25, 0.3) is 5.56 Å². The lowest BCUT2D eigenvalue weighted by Crippen LogP contribution is -2.37. The van der Waals surface area contributed by atoms with E-state index in [1.54, 1.807) is 5.38 Å². The van der Waals surface area contributed by atoms with Gasteiger partial charge in [0.1, 0.15) is 0 Å².